The quantitative estimate of drug-likeness (QED) is 0.640. The molecule has 7 heteroatoms. The van der Waals surface area contributed by atoms with Gasteiger partial charge in [-0.25, -0.2) is 9.37 Å². The zero-order valence-electron chi connectivity index (χ0n) is 9.78. The van der Waals surface area contributed by atoms with Crippen LogP contribution in [-0.2, 0) is 6.18 Å². The molecule has 0 aliphatic heterocycles. The maximum Gasteiger partial charge on any atom is 0.418 e. The van der Waals surface area contributed by atoms with Gasteiger partial charge >= 0.3 is 6.18 Å². The molecule has 1 aromatic heterocycles. The Labute approximate surface area is 106 Å². The molecule has 0 unspecified atom stereocenters. The Morgan fingerprint density at radius 2 is 1.95 bits per heavy atom. The van der Waals surface area contributed by atoms with Crippen LogP contribution in [-0.4, -0.2) is 15.7 Å². The molecule has 0 radical (unpaired) electrons. The van der Waals surface area contributed by atoms with Crippen LogP contribution in [0.5, 0.6) is 0 Å². The molecular formula is C12H11F4N3. The number of benzene rings is 1. The van der Waals surface area contributed by atoms with E-state index in [-0.39, 0.29) is 35.6 Å². The van der Waals surface area contributed by atoms with E-state index in [1.54, 1.807) is 0 Å². The van der Waals surface area contributed by atoms with Crippen LogP contribution >= 0.6 is 0 Å². The van der Waals surface area contributed by atoms with Crippen molar-refractivity contribution < 1.29 is 17.6 Å². The Hall–Kier alpha value is -1.79. The van der Waals surface area contributed by atoms with Gasteiger partial charge in [-0.15, -0.1) is 0 Å². The van der Waals surface area contributed by atoms with Crippen molar-refractivity contribution in [2.75, 3.05) is 5.73 Å². The van der Waals surface area contributed by atoms with Crippen LogP contribution in [0.15, 0.2) is 18.5 Å². The molecule has 3 rings (SSSR count). The summed E-state index contributed by atoms with van der Waals surface area (Å²) in [5, 5.41) is 0. The fraction of sp³-hybridized carbons (Fsp3) is 0.417. The fourth-order valence-corrected chi connectivity index (χ4v) is 2.43. The van der Waals surface area contributed by atoms with Gasteiger partial charge in [0.1, 0.15) is 6.17 Å². The molecule has 2 N–H and O–H groups in total. The van der Waals surface area contributed by atoms with Crippen molar-refractivity contribution in [3.05, 3.63) is 24.0 Å². The number of nitrogens with zero attached hydrogens (tertiary/aromatic N) is 2. The van der Waals surface area contributed by atoms with Crippen LogP contribution in [0.1, 0.15) is 24.4 Å². The maximum absolute atomic E-state index is 13.0. The first-order valence-electron chi connectivity index (χ1n) is 5.83. The van der Waals surface area contributed by atoms with Gasteiger partial charge in [-0.2, -0.15) is 13.2 Å². The second-order valence-electron chi connectivity index (χ2n) is 4.81. The molecule has 1 aromatic carbocycles. The first kappa shape index (κ1) is 12.3. The van der Waals surface area contributed by atoms with Gasteiger partial charge in [0.25, 0.3) is 0 Å². The molecule has 1 aliphatic rings. The summed E-state index contributed by atoms with van der Waals surface area (Å²) in [7, 11) is 0. The van der Waals surface area contributed by atoms with E-state index in [0.717, 1.165) is 6.07 Å². The van der Waals surface area contributed by atoms with Gasteiger partial charge in [0.15, 0.2) is 0 Å². The normalized spacial score (nSPS) is 23.6. The minimum Gasteiger partial charge on any atom is -0.399 e. The number of hydrogen-bond acceptors (Lipinski definition) is 2. The predicted octanol–water partition coefficient (Wildman–Crippen LogP) is 3.31. The molecule has 1 fully saturated rings. The Morgan fingerprint density at radius 1 is 1.26 bits per heavy atom. The molecule has 0 bridgehead atoms. The number of nitrogen functional groups attached to an aromatic ring is 1. The molecule has 1 aliphatic carbocycles. The average molecular weight is 273 g/mol. The zero-order valence-corrected chi connectivity index (χ0v) is 9.78. The van der Waals surface area contributed by atoms with Crippen LogP contribution in [0, 0.1) is 0 Å². The number of halogens is 4. The summed E-state index contributed by atoms with van der Waals surface area (Å²) in [5.74, 6) is 0. The Morgan fingerprint density at radius 3 is 2.53 bits per heavy atom. The smallest absolute Gasteiger partial charge is 0.399 e. The molecule has 1 saturated carbocycles. The van der Waals surface area contributed by atoms with Crippen molar-refractivity contribution in [2.45, 2.75) is 31.2 Å². The highest BCUT2D eigenvalue weighted by atomic mass is 19.4. The Kier molecular flexibility index (Phi) is 2.48. The van der Waals surface area contributed by atoms with E-state index in [1.807, 2.05) is 0 Å². The first-order chi connectivity index (χ1) is 8.86. The third-order valence-electron chi connectivity index (χ3n) is 3.45. The van der Waals surface area contributed by atoms with Gasteiger partial charge in [0, 0.05) is 11.7 Å². The van der Waals surface area contributed by atoms with E-state index in [0.29, 0.717) is 0 Å². The van der Waals surface area contributed by atoms with Gasteiger partial charge in [-0.1, -0.05) is 0 Å². The van der Waals surface area contributed by atoms with Crippen molar-refractivity contribution in [3.8, 4) is 0 Å². The second-order valence-corrected chi connectivity index (χ2v) is 4.81. The van der Waals surface area contributed by atoms with E-state index in [4.69, 9.17) is 5.73 Å². The van der Waals surface area contributed by atoms with Gasteiger partial charge in [-0.05, 0) is 25.0 Å². The van der Waals surface area contributed by atoms with E-state index in [2.05, 4.69) is 4.98 Å². The number of alkyl halides is 4. The number of anilines is 1. The van der Waals surface area contributed by atoms with Crippen LogP contribution in [0.3, 0.4) is 0 Å². The van der Waals surface area contributed by atoms with Gasteiger partial charge in [0.2, 0.25) is 0 Å². The van der Waals surface area contributed by atoms with Gasteiger partial charge in [-0.3, -0.25) is 0 Å². The minimum atomic E-state index is -4.51. The predicted molar refractivity (Wildman–Crippen MR) is 62.3 cm³/mol. The number of aromatic nitrogens is 2. The maximum atomic E-state index is 13.0. The van der Waals surface area contributed by atoms with Gasteiger partial charge < -0.3 is 10.3 Å². The van der Waals surface area contributed by atoms with E-state index in [9.17, 15) is 17.6 Å². The minimum absolute atomic E-state index is 0.0152. The van der Waals surface area contributed by atoms with Crippen LogP contribution in [0.2, 0.25) is 0 Å². The summed E-state index contributed by atoms with van der Waals surface area (Å²) < 4.78 is 53.4. The molecule has 102 valence electrons. The van der Waals surface area contributed by atoms with Crippen molar-refractivity contribution >= 4 is 16.7 Å². The third kappa shape index (κ3) is 1.93. The summed E-state index contributed by atoms with van der Waals surface area (Å²) >= 11 is 0. The van der Waals surface area contributed by atoms with Crippen LogP contribution in [0.4, 0.5) is 23.2 Å². The monoisotopic (exact) mass is 273 g/mol. The van der Waals surface area contributed by atoms with Crippen molar-refractivity contribution in [1.82, 2.24) is 9.55 Å². The summed E-state index contributed by atoms with van der Waals surface area (Å²) in [5.41, 5.74) is 4.84. The standard InChI is InChI=1S/C12H11F4N3/c13-6-1-8(2-6)19-5-18-10-4-7(17)3-9(11(10)19)12(14,15)16/h3-6,8H,1-2,17H2. The summed E-state index contributed by atoms with van der Waals surface area (Å²) in [4.78, 5) is 3.94. The molecular weight excluding hydrogens is 262 g/mol. The van der Waals surface area contributed by atoms with E-state index >= 15 is 0 Å². The van der Waals surface area contributed by atoms with Crippen molar-refractivity contribution in [1.29, 1.82) is 0 Å². The molecule has 0 spiro atoms. The fourth-order valence-electron chi connectivity index (χ4n) is 2.43. The Balaban J connectivity index is 2.20. The van der Waals surface area contributed by atoms with Gasteiger partial charge in [0.05, 0.1) is 22.9 Å². The van der Waals surface area contributed by atoms with Crippen molar-refractivity contribution in [3.63, 3.8) is 0 Å². The lowest BCUT2D eigenvalue weighted by molar-refractivity contribution is -0.136. The average Bonchev–Trinajstić information content (AvgIpc) is 2.65. The molecule has 2 aromatic rings. The second kappa shape index (κ2) is 3.85. The molecule has 1 heterocycles. The summed E-state index contributed by atoms with van der Waals surface area (Å²) in [6.07, 6.45) is -3.66. The van der Waals surface area contributed by atoms with E-state index in [1.165, 1.54) is 17.0 Å². The number of fused-ring (bicyclic) bond motifs is 1. The molecule has 0 amide bonds. The summed E-state index contributed by atoms with van der Waals surface area (Å²) in [6, 6.07) is 2.03. The highest BCUT2D eigenvalue weighted by Crippen LogP contribution is 2.41. The van der Waals surface area contributed by atoms with Crippen LogP contribution in [0.25, 0.3) is 11.0 Å². The van der Waals surface area contributed by atoms with E-state index < -0.39 is 17.9 Å². The number of nitrogens with two attached hydrogens (primary N) is 1. The summed E-state index contributed by atoms with van der Waals surface area (Å²) in [6.45, 7) is 0. The topological polar surface area (TPSA) is 43.8 Å². The third-order valence-corrected chi connectivity index (χ3v) is 3.45. The van der Waals surface area contributed by atoms with Crippen molar-refractivity contribution in [2.24, 2.45) is 0 Å². The molecule has 0 saturated heterocycles. The largest absolute Gasteiger partial charge is 0.418 e. The number of hydrogen-bond donors (Lipinski definition) is 1. The first-order valence-corrected chi connectivity index (χ1v) is 5.83. The lowest BCUT2D eigenvalue weighted by Crippen LogP contribution is -2.28. The number of imidazole rings is 1. The lowest BCUT2D eigenvalue weighted by Gasteiger charge is -2.31. The lowest BCUT2D eigenvalue weighted by atomic mass is 9.90. The highest BCUT2D eigenvalue weighted by molar-refractivity contribution is 5.83. The number of rotatable bonds is 1. The zero-order chi connectivity index (χ0) is 13.8. The van der Waals surface area contributed by atoms with Crippen LogP contribution < -0.4 is 5.73 Å². The highest BCUT2D eigenvalue weighted by Gasteiger charge is 2.37. The Bertz CT molecular complexity index is 626. The molecule has 19 heavy (non-hydrogen) atoms. The molecule has 0 atom stereocenters. The molecule has 3 nitrogen and oxygen atoms in total. The SMILES string of the molecule is Nc1cc(C(F)(F)F)c2c(c1)ncn2C1CC(F)C1.